The first-order chi connectivity index (χ1) is 9.33. The maximum absolute atomic E-state index is 5.18. The van der Waals surface area contributed by atoms with Gasteiger partial charge in [0.25, 0.3) is 6.56 Å². The fourth-order valence-corrected chi connectivity index (χ4v) is 3.84. The molecule has 0 spiro atoms. The SMILES string of the molecule is COc1ccc(N(Cc2ccccc2)S[PH+]=S)cc1. The molecular formula is C14H15NOPS2+. The zero-order valence-electron chi connectivity index (χ0n) is 10.6. The van der Waals surface area contributed by atoms with Crippen LogP contribution in [0.25, 0.3) is 0 Å². The fourth-order valence-electron chi connectivity index (χ4n) is 1.72. The van der Waals surface area contributed by atoms with Gasteiger partial charge in [-0.15, -0.1) is 0 Å². The maximum atomic E-state index is 5.18. The number of hydrogen-bond acceptors (Lipinski definition) is 4. The Kier molecular flexibility index (Phi) is 5.64. The van der Waals surface area contributed by atoms with Crippen molar-refractivity contribution in [3.05, 3.63) is 60.2 Å². The molecule has 0 bridgehead atoms. The quantitative estimate of drug-likeness (QED) is 0.579. The molecular weight excluding hydrogens is 293 g/mol. The van der Waals surface area contributed by atoms with Crippen molar-refractivity contribution in [2.45, 2.75) is 6.54 Å². The van der Waals surface area contributed by atoms with Crippen LogP contribution in [0.2, 0.25) is 0 Å². The summed E-state index contributed by atoms with van der Waals surface area (Å²) < 4.78 is 7.41. The van der Waals surface area contributed by atoms with Gasteiger partial charge in [-0.3, -0.25) is 4.31 Å². The van der Waals surface area contributed by atoms with Crippen LogP contribution >= 0.6 is 18.1 Å². The minimum atomic E-state index is 0.408. The van der Waals surface area contributed by atoms with Gasteiger partial charge in [-0.1, -0.05) is 30.3 Å². The van der Waals surface area contributed by atoms with E-state index in [1.54, 1.807) is 18.7 Å². The van der Waals surface area contributed by atoms with Gasteiger partial charge in [0.15, 0.2) is 11.8 Å². The van der Waals surface area contributed by atoms with Gasteiger partial charge in [-0.2, -0.15) is 0 Å². The average Bonchev–Trinajstić information content (AvgIpc) is 2.48. The lowest BCUT2D eigenvalue weighted by Crippen LogP contribution is -2.11. The van der Waals surface area contributed by atoms with E-state index < -0.39 is 0 Å². The molecule has 0 aromatic heterocycles. The van der Waals surface area contributed by atoms with E-state index >= 15 is 0 Å². The first kappa shape index (κ1) is 14.3. The monoisotopic (exact) mass is 308 g/mol. The van der Waals surface area contributed by atoms with Crippen LogP contribution in [-0.4, -0.2) is 7.11 Å². The summed E-state index contributed by atoms with van der Waals surface area (Å²) >= 11 is 6.79. The van der Waals surface area contributed by atoms with E-state index in [1.807, 2.05) is 18.2 Å². The summed E-state index contributed by atoms with van der Waals surface area (Å²) in [4.78, 5) is 0. The van der Waals surface area contributed by atoms with Crippen LogP contribution < -0.4 is 9.04 Å². The first-order valence-electron chi connectivity index (χ1n) is 5.83. The minimum absolute atomic E-state index is 0.408. The summed E-state index contributed by atoms with van der Waals surface area (Å²) in [6.07, 6.45) is 0. The summed E-state index contributed by atoms with van der Waals surface area (Å²) in [5, 5.41) is 0. The van der Waals surface area contributed by atoms with E-state index in [9.17, 15) is 0 Å². The van der Waals surface area contributed by atoms with Crippen LogP contribution in [0.5, 0.6) is 5.75 Å². The molecule has 0 amide bonds. The Morgan fingerprint density at radius 3 is 2.37 bits per heavy atom. The zero-order chi connectivity index (χ0) is 13.5. The highest BCUT2D eigenvalue weighted by Crippen LogP contribution is 2.32. The van der Waals surface area contributed by atoms with Crippen molar-refractivity contribution in [1.29, 1.82) is 0 Å². The van der Waals surface area contributed by atoms with Crippen LogP contribution in [0.4, 0.5) is 5.69 Å². The third-order valence-corrected chi connectivity index (χ3v) is 4.87. The second kappa shape index (κ2) is 7.49. The van der Waals surface area contributed by atoms with Crippen LogP contribution in [-0.2, 0) is 18.4 Å². The zero-order valence-corrected chi connectivity index (χ0v) is 13.2. The normalized spacial score (nSPS) is 10.4. The van der Waals surface area contributed by atoms with E-state index in [2.05, 4.69) is 40.7 Å². The lowest BCUT2D eigenvalue weighted by atomic mass is 10.2. The van der Waals surface area contributed by atoms with E-state index in [4.69, 9.17) is 16.5 Å². The molecule has 2 aromatic rings. The summed E-state index contributed by atoms with van der Waals surface area (Å²) in [7, 11) is 1.68. The second-order valence-corrected chi connectivity index (χ2v) is 7.23. The smallest absolute Gasteiger partial charge is 0.254 e. The molecule has 98 valence electrons. The largest absolute Gasteiger partial charge is 0.497 e. The number of methoxy groups -OCH3 is 1. The number of anilines is 1. The summed E-state index contributed by atoms with van der Waals surface area (Å²) in [6.45, 7) is 1.26. The van der Waals surface area contributed by atoms with E-state index in [0.717, 1.165) is 18.0 Å². The highest BCUT2D eigenvalue weighted by molar-refractivity contribution is 8.58. The molecule has 1 atom stereocenters. The number of hydrogen-bond donors (Lipinski definition) is 0. The molecule has 0 saturated carbocycles. The minimum Gasteiger partial charge on any atom is -0.497 e. The standard InChI is InChI=1S/C14H14NOPS2/c1-16-14-9-7-13(8-10-14)15(19-17-18)11-12-5-3-2-4-6-12/h2-10H,11H2,1H3/p+1. The van der Waals surface area contributed by atoms with Gasteiger partial charge in [0.05, 0.1) is 19.3 Å². The first-order valence-corrected chi connectivity index (χ1v) is 9.46. The van der Waals surface area contributed by atoms with E-state index in [-0.39, 0.29) is 0 Å². The van der Waals surface area contributed by atoms with Gasteiger partial charge in [0.2, 0.25) is 11.6 Å². The molecule has 0 heterocycles. The summed E-state index contributed by atoms with van der Waals surface area (Å²) in [5.41, 5.74) is 2.42. The van der Waals surface area contributed by atoms with Gasteiger partial charge < -0.3 is 4.74 Å². The molecule has 0 aliphatic rings. The Morgan fingerprint density at radius 2 is 1.79 bits per heavy atom. The molecule has 19 heavy (non-hydrogen) atoms. The third kappa shape index (κ3) is 4.20. The lowest BCUT2D eigenvalue weighted by molar-refractivity contribution is 0.415. The van der Waals surface area contributed by atoms with E-state index in [1.165, 1.54) is 5.56 Å². The molecule has 1 unspecified atom stereocenters. The molecule has 0 radical (unpaired) electrons. The maximum Gasteiger partial charge on any atom is 0.254 e. The van der Waals surface area contributed by atoms with Gasteiger partial charge in [0.1, 0.15) is 5.75 Å². The number of ether oxygens (including phenoxy) is 1. The van der Waals surface area contributed by atoms with Crippen molar-refractivity contribution in [3.8, 4) is 5.75 Å². The molecule has 0 saturated heterocycles. The predicted molar refractivity (Wildman–Crippen MR) is 88.9 cm³/mol. The summed E-state index contributed by atoms with van der Waals surface area (Å²) in [5.74, 6) is 0.870. The Balaban J connectivity index is 2.16. The molecule has 2 aromatic carbocycles. The number of rotatable bonds is 6. The predicted octanol–water partition coefficient (Wildman–Crippen LogP) is 4.41. The number of nitrogens with zero attached hydrogens (tertiary/aromatic N) is 1. The van der Waals surface area contributed by atoms with Crippen molar-refractivity contribution in [3.63, 3.8) is 0 Å². The fraction of sp³-hybridized carbons (Fsp3) is 0.143. The van der Waals surface area contributed by atoms with Gasteiger partial charge in [0, 0.05) is 0 Å². The molecule has 0 aliphatic heterocycles. The van der Waals surface area contributed by atoms with E-state index in [0.29, 0.717) is 6.56 Å². The van der Waals surface area contributed by atoms with Crippen molar-refractivity contribution < 1.29 is 4.74 Å². The van der Waals surface area contributed by atoms with Crippen molar-refractivity contribution in [1.82, 2.24) is 0 Å². The van der Waals surface area contributed by atoms with Crippen LogP contribution in [0.3, 0.4) is 0 Å². The molecule has 0 fully saturated rings. The van der Waals surface area contributed by atoms with Gasteiger partial charge in [-0.25, -0.2) is 0 Å². The second-order valence-electron chi connectivity index (χ2n) is 3.89. The van der Waals surface area contributed by atoms with Crippen molar-refractivity contribution in [2.24, 2.45) is 0 Å². The topological polar surface area (TPSA) is 12.5 Å². The van der Waals surface area contributed by atoms with Crippen molar-refractivity contribution in [2.75, 3.05) is 11.4 Å². The lowest BCUT2D eigenvalue weighted by Gasteiger charge is -2.17. The Bertz CT molecular complexity index is 519. The molecule has 5 heteroatoms. The average molecular weight is 308 g/mol. The molecule has 0 N–H and O–H groups in total. The Labute approximate surface area is 124 Å². The third-order valence-electron chi connectivity index (χ3n) is 2.68. The van der Waals surface area contributed by atoms with Crippen molar-refractivity contribution >= 4 is 35.6 Å². The van der Waals surface area contributed by atoms with Crippen LogP contribution in [0, 0.1) is 0 Å². The van der Waals surface area contributed by atoms with Crippen LogP contribution in [0.1, 0.15) is 5.56 Å². The van der Waals surface area contributed by atoms with Crippen LogP contribution in [0.15, 0.2) is 54.6 Å². The molecule has 2 nitrogen and oxygen atoms in total. The molecule has 0 aliphatic carbocycles. The Hall–Kier alpha value is -1.09. The highest BCUT2D eigenvalue weighted by Gasteiger charge is 2.11. The van der Waals surface area contributed by atoms with Gasteiger partial charge in [-0.05, 0) is 29.8 Å². The highest BCUT2D eigenvalue weighted by atomic mass is 32.9. The van der Waals surface area contributed by atoms with Gasteiger partial charge >= 0.3 is 0 Å². The number of benzene rings is 2. The summed E-state index contributed by atoms with van der Waals surface area (Å²) in [6, 6.07) is 18.5. The molecule has 2 rings (SSSR count). The Morgan fingerprint density at radius 1 is 1.11 bits per heavy atom.